The number of hydrogen-bond acceptors (Lipinski definition) is 4. The number of aryl methyl sites for hydroxylation is 1. The number of nitrogens with one attached hydrogen (secondary N) is 1. The first-order valence-electron chi connectivity index (χ1n) is 9.55. The van der Waals surface area contributed by atoms with Gasteiger partial charge < -0.3 is 10.1 Å². The number of ether oxygens (including phenoxy) is 1. The summed E-state index contributed by atoms with van der Waals surface area (Å²) >= 11 is 0. The number of carbonyl (C=O) groups excluding carboxylic acids is 1. The van der Waals surface area contributed by atoms with E-state index in [1.54, 1.807) is 7.11 Å². The molecule has 2 aliphatic heterocycles. The minimum atomic E-state index is -0.127. The Kier molecular flexibility index (Phi) is 4.57. The smallest absolute Gasteiger partial charge is 0.226 e. The van der Waals surface area contributed by atoms with E-state index in [2.05, 4.69) is 40.3 Å². The lowest BCUT2D eigenvalue weighted by molar-refractivity contribution is -0.136. The van der Waals surface area contributed by atoms with E-state index in [9.17, 15) is 4.79 Å². The molecule has 0 aliphatic carbocycles. The standard InChI is InChI=1S/C21H27N3O2/c1-15-4-5-18-16(12-15)13-17(19(23-18)26-2)14-24-10-7-21(8-11-24)6-3-9-22-20(21)25/h4-5,12-13H,3,6-11,14H2,1-2H3,(H,22,25). The molecule has 1 amide bonds. The van der Waals surface area contributed by atoms with Crippen LogP contribution in [0.4, 0.5) is 0 Å². The third kappa shape index (κ3) is 3.16. The number of benzene rings is 1. The SMILES string of the molecule is COc1nc2ccc(C)cc2cc1CN1CCC2(CCCNC2=O)CC1. The van der Waals surface area contributed by atoms with Gasteiger partial charge in [0.05, 0.1) is 18.0 Å². The second-order valence-corrected chi connectivity index (χ2v) is 7.77. The van der Waals surface area contributed by atoms with Gasteiger partial charge in [0.15, 0.2) is 0 Å². The molecule has 138 valence electrons. The maximum Gasteiger partial charge on any atom is 0.226 e. The van der Waals surface area contributed by atoms with E-state index in [1.807, 2.05) is 6.07 Å². The maximum absolute atomic E-state index is 12.4. The van der Waals surface area contributed by atoms with Crippen LogP contribution in [0, 0.1) is 12.3 Å². The molecule has 1 N–H and O–H groups in total. The zero-order valence-electron chi connectivity index (χ0n) is 15.7. The maximum atomic E-state index is 12.4. The van der Waals surface area contributed by atoms with Crippen LogP contribution in [0.25, 0.3) is 10.9 Å². The highest BCUT2D eigenvalue weighted by Crippen LogP contribution is 2.39. The Morgan fingerprint density at radius 3 is 2.77 bits per heavy atom. The van der Waals surface area contributed by atoms with Gasteiger partial charge in [0, 0.05) is 24.0 Å². The lowest BCUT2D eigenvalue weighted by Gasteiger charge is -2.42. The Hall–Kier alpha value is -2.14. The predicted molar refractivity (Wildman–Crippen MR) is 102 cm³/mol. The summed E-state index contributed by atoms with van der Waals surface area (Å²) in [6.07, 6.45) is 4.03. The number of piperidine rings is 2. The molecule has 26 heavy (non-hydrogen) atoms. The third-order valence-corrected chi connectivity index (χ3v) is 6.01. The van der Waals surface area contributed by atoms with E-state index in [0.29, 0.717) is 5.88 Å². The monoisotopic (exact) mass is 353 g/mol. The van der Waals surface area contributed by atoms with Crippen molar-refractivity contribution in [2.24, 2.45) is 5.41 Å². The number of fused-ring (bicyclic) bond motifs is 1. The Balaban J connectivity index is 1.51. The predicted octanol–water partition coefficient (Wildman–Crippen LogP) is 3.04. The summed E-state index contributed by atoms with van der Waals surface area (Å²) < 4.78 is 5.55. The largest absolute Gasteiger partial charge is 0.481 e. The van der Waals surface area contributed by atoms with Crippen molar-refractivity contribution in [3.05, 3.63) is 35.4 Å². The molecule has 1 aromatic carbocycles. The molecule has 0 saturated carbocycles. The molecular weight excluding hydrogens is 326 g/mol. The molecule has 2 fully saturated rings. The molecule has 2 aliphatic rings. The third-order valence-electron chi connectivity index (χ3n) is 6.01. The Labute approximate surface area is 154 Å². The number of likely N-dealkylation sites (tertiary alicyclic amines) is 1. The van der Waals surface area contributed by atoms with Gasteiger partial charge >= 0.3 is 0 Å². The number of nitrogens with zero attached hydrogens (tertiary/aromatic N) is 2. The van der Waals surface area contributed by atoms with Crippen molar-refractivity contribution in [2.75, 3.05) is 26.7 Å². The number of aromatic nitrogens is 1. The Bertz CT molecular complexity index is 825. The number of hydrogen-bond donors (Lipinski definition) is 1. The van der Waals surface area contributed by atoms with E-state index in [4.69, 9.17) is 4.74 Å². The summed E-state index contributed by atoms with van der Waals surface area (Å²) in [4.78, 5) is 19.5. The number of pyridine rings is 1. The van der Waals surface area contributed by atoms with Crippen LogP contribution in [-0.4, -0.2) is 42.5 Å². The summed E-state index contributed by atoms with van der Waals surface area (Å²) in [5.74, 6) is 0.973. The van der Waals surface area contributed by atoms with Crippen molar-refractivity contribution in [2.45, 2.75) is 39.2 Å². The summed E-state index contributed by atoms with van der Waals surface area (Å²) in [5.41, 5.74) is 3.19. The topological polar surface area (TPSA) is 54.5 Å². The summed E-state index contributed by atoms with van der Waals surface area (Å²) in [6, 6.07) is 8.49. The van der Waals surface area contributed by atoms with Crippen LogP contribution in [0.1, 0.15) is 36.8 Å². The first kappa shape index (κ1) is 17.3. The highest BCUT2D eigenvalue weighted by Gasteiger charge is 2.42. The molecule has 0 unspecified atom stereocenters. The van der Waals surface area contributed by atoms with Gasteiger partial charge in [-0.15, -0.1) is 0 Å². The van der Waals surface area contributed by atoms with Gasteiger partial charge in [-0.3, -0.25) is 9.69 Å². The van der Waals surface area contributed by atoms with Crippen LogP contribution >= 0.6 is 0 Å². The van der Waals surface area contributed by atoms with E-state index in [1.165, 1.54) is 5.56 Å². The van der Waals surface area contributed by atoms with E-state index in [0.717, 1.165) is 68.3 Å². The van der Waals surface area contributed by atoms with Crippen molar-refractivity contribution >= 4 is 16.8 Å². The van der Waals surface area contributed by atoms with Gasteiger partial charge in [-0.25, -0.2) is 4.98 Å². The highest BCUT2D eigenvalue weighted by atomic mass is 16.5. The molecule has 0 bridgehead atoms. The molecule has 5 nitrogen and oxygen atoms in total. The molecule has 2 saturated heterocycles. The lowest BCUT2D eigenvalue weighted by Crippen LogP contribution is -2.51. The van der Waals surface area contributed by atoms with Gasteiger partial charge in [0.25, 0.3) is 0 Å². The minimum absolute atomic E-state index is 0.127. The van der Waals surface area contributed by atoms with Crippen molar-refractivity contribution in [3.8, 4) is 5.88 Å². The quantitative estimate of drug-likeness (QED) is 0.921. The van der Waals surface area contributed by atoms with Crippen LogP contribution in [0.5, 0.6) is 5.88 Å². The van der Waals surface area contributed by atoms with E-state index < -0.39 is 0 Å². The fourth-order valence-corrected chi connectivity index (χ4v) is 4.40. The average Bonchev–Trinajstić information content (AvgIpc) is 2.65. The fourth-order valence-electron chi connectivity index (χ4n) is 4.40. The van der Waals surface area contributed by atoms with Crippen molar-refractivity contribution in [3.63, 3.8) is 0 Å². The van der Waals surface area contributed by atoms with Crippen LogP contribution in [0.2, 0.25) is 0 Å². The molecular formula is C21H27N3O2. The average molecular weight is 353 g/mol. The highest BCUT2D eigenvalue weighted by molar-refractivity contribution is 5.83. The second-order valence-electron chi connectivity index (χ2n) is 7.77. The molecule has 1 spiro atoms. The lowest BCUT2D eigenvalue weighted by atomic mass is 9.72. The van der Waals surface area contributed by atoms with Gasteiger partial charge in [0.2, 0.25) is 11.8 Å². The van der Waals surface area contributed by atoms with E-state index in [-0.39, 0.29) is 11.3 Å². The fraction of sp³-hybridized carbons (Fsp3) is 0.524. The molecule has 5 heteroatoms. The number of carbonyl (C=O) groups is 1. The molecule has 3 heterocycles. The molecule has 4 rings (SSSR count). The Morgan fingerprint density at radius 2 is 2.04 bits per heavy atom. The summed E-state index contributed by atoms with van der Waals surface area (Å²) in [6.45, 7) is 5.65. The minimum Gasteiger partial charge on any atom is -0.481 e. The first-order chi connectivity index (χ1) is 12.6. The number of methoxy groups -OCH3 is 1. The van der Waals surface area contributed by atoms with Gasteiger partial charge in [-0.1, -0.05) is 11.6 Å². The second kappa shape index (κ2) is 6.88. The molecule has 0 radical (unpaired) electrons. The van der Waals surface area contributed by atoms with Gasteiger partial charge in [-0.2, -0.15) is 0 Å². The molecule has 0 atom stereocenters. The first-order valence-corrected chi connectivity index (χ1v) is 9.55. The summed E-state index contributed by atoms with van der Waals surface area (Å²) in [5, 5.41) is 4.22. The molecule has 1 aromatic heterocycles. The normalized spacial score (nSPS) is 20.3. The number of amides is 1. The van der Waals surface area contributed by atoms with Gasteiger partial charge in [0.1, 0.15) is 0 Å². The van der Waals surface area contributed by atoms with Crippen molar-refractivity contribution < 1.29 is 9.53 Å². The summed E-state index contributed by atoms with van der Waals surface area (Å²) in [7, 11) is 1.68. The van der Waals surface area contributed by atoms with E-state index >= 15 is 0 Å². The van der Waals surface area contributed by atoms with Crippen LogP contribution in [0.3, 0.4) is 0 Å². The number of rotatable bonds is 3. The van der Waals surface area contributed by atoms with Crippen LogP contribution in [0.15, 0.2) is 24.3 Å². The molecule has 2 aromatic rings. The zero-order valence-corrected chi connectivity index (χ0v) is 15.7. The zero-order chi connectivity index (χ0) is 18.1. The van der Waals surface area contributed by atoms with Crippen molar-refractivity contribution in [1.82, 2.24) is 15.2 Å². The van der Waals surface area contributed by atoms with Crippen LogP contribution < -0.4 is 10.1 Å². The van der Waals surface area contributed by atoms with Gasteiger partial charge in [-0.05, 0) is 63.9 Å². The Morgan fingerprint density at radius 1 is 1.23 bits per heavy atom. The van der Waals surface area contributed by atoms with Crippen molar-refractivity contribution in [1.29, 1.82) is 0 Å². The van der Waals surface area contributed by atoms with Crippen LogP contribution in [-0.2, 0) is 11.3 Å².